The summed E-state index contributed by atoms with van der Waals surface area (Å²) in [6.07, 6.45) is 0.323. The van der Waals surface area contributed by atoms with E-state index < -0.39 is 5.97 Å². The predicted octanol–water partition coefficient (Wildman–Crippen LogP) is 1.04. The summed E-state index contributed by atoms with van der Waals surface area (Å²) in [5, 5.41) is 11.4. The molecule has 0 heterocycles. The standard InChI is InChI=1S/C12H15NO4/c1-17-7-6-11(14)13-8-9-2-4-10(5-3-9)12(15)16/h2-5H,6-8H2,1H3,(H,13,14)(H,15,16). The van der Waals surface area contributed by atoms with E-state index in [1.807, 2.05) is 0 Å². The van der Waals surface area contributed by atoms with Gasteiger partial charge in [-0.25, -0.2) is 4.79 Å². The molecule has 5 heteroatoms. The highest BCUT2D eigenvalue weighted by Gasteiger charge is 2.03. The van der Waals surface area contributed by atoms with Gasteiger partial charge >= 0.3 is 5.97 Å². The Morgan fingerprint density at radius 2 is 1.94 bits per heavy atom. The van der Waals surface area contributed by atoms with Gasteiger partial charge in [0.05, 0.1) is 12.2 Å². The van der Waals surface area contributed by atoms with Crippen LogP contribution in [0.3, 0.4) is 0 Å². The molecule has 0 spiro atoms. The fourth-order valence-corrected chi connectivity index (χ4v) is 1.25. The number of hydrogen-bond acceptors (Lipinski definition) is 3. The van der Waals surface area contributed by atoms with Crippen LogP contribution in [-0.4, -0.2) is 30.7 Å². The Kier molecular flexibility index (Phi) is 5.16. The molecule has 0 aliphatic heterocycles. The molecule has 0 radical (unpaired) electrons. The maximum Gasteiger partial charge on any atom is 0.335 e. The summed E-state index contributed by atoms with van der Waals surface area (Å²) in [5.41, 5.74) is 1.10. The van der Waals surface area contributed by atoms with Crippen molar-refractivity contribution in [1.82, 2.24) is 5.32 Å². The number of carboxylic acid groups (broad SMARTS) is 1. The molecule has 0 aliphatic rings. The van der Waals surface area contributed by atoms with Crippen molar-refractivity contribution >= 4 is 11.9 Å². The maximum atomic E-state index is 11.3. The van der Waals surface area contributed by atoms with Crippen LogP contribution in [0, 0.1) is 0 Å². The fourth-order valence-electron chi connectivity index (χ4n) is 1.25. The van der Waals surface area contributed by atoms with Crippen molar-refractivity contribution in [3.05, 3.63) is 35.4 Å². The Labute approximate surface area is 99.4 Å². The number of carbonyl (C=O) groups excluding carboxylic acids is 1. The predicted molar refractivity (Wildman–Crippen MR) is 61.7 cm³/mol. The number of nitrogens with one attached hydrogen (secondary N) is 1. The Morgan fingerprint density at radius 3 is 2.47 bits per heavy atom. The van der Waals surface area contributed by atoms with Crippen LogP contribution in [0.5, 0.6) is 0 Å². The highest BCUT2D eigenvalue weighted by molar-refractivity contribution is 5.87. The van der Waals surface area contributed by atoms with Crippen molar-refractivity contribution in [3.63, 3.8) is 0 Å². The molecule has 0 fully saturated rings. The molecule has 5 nitrogen and oxygen atoms in total. The lowest BCUT2D eigenvalue weighted by molar-refractivity contribution is -0.122. The van der Waals surface area contributed by atoms with Crippen molar-refractivity contribution in [2.45, 2.75) is 13.0 Å². The van der Waals surface area contributed by atoms with Gasteiger partial charge in [0, 0.05) is 20.1 Å². The Morgan fingerprint density at radius 1 is 1.29 bits per heavy atom. The third-order valence-corrected chi connectivity index (χ3v) is 2.22. The molecule has 0 unspecified atom stereocenters. The second-order valence-corrected chi connectivity index (χ2v) is 3.52. The minimum atomic E-state index is -0.958. The van der Waals surface area contributed by atoms with E-state index in [9.17, 15) is 9.59 Å². The number of amides is 1. The van der Waals surface area contributed by atoms with E-state index in [2.05, 4.69) is 5.32 Å². The first-order valence-corrected chi connectivity index (χ1v) is 5.21. The molecule has 0 atom stereocenters. The quantitative estimate of drug-likeness (QED) is 0.775. The zero-order valence-electron chi connectivity index (χ0n) is 9.60. The average molecular weight is 237 g/mol. The van der Waals surface area contributed by atoms with Crippen LogP contribution in [0.4, 0.5) is 0 Å². The molecular formula is C12H15NO4. The zero-order valence-corrected chi connectivity index (χ0v) is 9.60. The normalized spacial score (nSPS) is 9.94. The lowest BCUT2D eigenvalue weighted by Gasteiger charge is -2.05. The zero-order chi connectivity index (χ0) is 12.7. The molecule has 1 aromatic carbocycles. The summed E-state index contributed by atoms with van der Waals surface area (Å²) in [6, 6.07) is 6.39. The van der Waals surface area contributed by atoms with Crippen molar-refractivity contribution < 1.29 is 19.4 Å². The number of carboxylic acids is 1. The van der Waals surface area contributed by atoms with Crippen molar-refractivity contribution in [2.24, 2.45) is 0 Å². The molecule has 92 valence electrons. The van der Waals surface area contributed by atoms with Gasteiger partial charge in [0.25, 0.3) is 0 Å². The first kappa shape index (κ1) is 13.2. The van der Waals surface area contributed by atoms with E-state index in [0.29, 0.717) is 19.6 Å². The topological polar surface area (TPSA) is 75.6 Å². The number of ether oxygens (including phenoxy) is 1. The Balaban J connectivity index is 2.42. The summed E-state index contributed by atoms with van der Waals surface area (Å²) >= 11 is 0. The van der Waals surface area contributed by atoms with E-state index in [0.717, 1.165) is 5.56 Å². The van der Waals surface area contributed by atoms with Gasteiger partial charge in [-0.1, -0.05) is 12.1 Å². The van der Waals surface area contributed by atoms with Gasteiger partial charge in [0.15, 0.2) is 0 Å². The monoisotopic (exact) mass is 237 g/mol. The van der Waals surface area contributed by atoms with Gasteiger partial charge in [0.1, 0.15) is 0 Å². The van der Waals surface area contributed by atoms with Crippen LogP contribution in [0.25, 0.3) is 0 Å². The number of carbonyl (C=O) groups is 2. The molecule has 0 aromatic heterocycles. The lowest BCUT2D eigenvalue weighted by Crippen LogP contribution is -2.23. The van der Waals surface area contributed by atoms with Gasteiger partial charge in [0.2, 0.25) is 5.91 Å². The van der Waals surface area contributed by atoms with Crippen LogP contribution >= 0.6 is 0 Å². The molecule has 0 saturated heterocycles. The second kappa shape index (κ2) is 6.65. The van der Waals surface area contributed by atoms with E-state index in [1.54, 1.807) is 12.1 Å². The van der Waals surface area contributed by atoms with Crippen LogP contribution < -0.4 is 5.32 Å². The van der Waals surface area contributed by atoms with Crippen LogP contribution in [-0.2, 0) is 16.1 Å². The number of rotatable bonds is 6. The molecule has 1 aromatic rings. The summed E-state index contributed by atoms with van der Waals surface area (Å²) in [6.45, 7) is 0.784. The highest BCUT2D eigenvalue weighted by atomic mass is 16.5. The van der Waals surface area contributed by atoms with E-state index in [1.165, 1.54) is 19.2 Å². The molecule has 0 aliphatic carbocycles. The largest absolute Gasteiger partial charge is 0.478 e. The van der Waals surface area contributed by atoms with Crippen LogP contribution in [0.1, 0.15) is 22.3 Å². The summed E-state index contributed by atoms with van der Waals surface area (Å²) < 4.78 is 4.78. The highest BCUT2D eigenvalue weighted by Crippen LogP contribution is 2.04. The van der Waals surface area contributed by atoms with Gasteiger partial charge in [-0.15, -0.1) is 0 Å². The Bertz CT molecular complexity index is 386. The molecule has 0 bridgehead atoms. The molecule has 1 rings (SSSR count). The van der Waals surface area contributed by atoms with Gasteiger partial charge in [-0.3, -0.25) is 4.79 Å². The van der Waals surface area contributed by atoms with Crippen LogP contribution in [0.15, 0.2) is 24.3 Å². The van der Waals surface area contributed by atoms with Crippen molar-refractivity contribution in [1.29, 1.82) is 0 Å². The van der Waals surface area contributed by atoms with Gasteiger partial charge in [-0.05, 0) is 17.7 Å². The lowest BCUT2D eigenvalue weighted by atomic mass is 10.1. The molecular weight excluding hydrogens is 222 g/mol. The maximum absolute atomic E-state index is 11.3. The van der Waals surface area contributed by atoms with E-state index >= 15 is 0 Å². The van der Waals surface area contributed by atoms with Crippen LogP contribution in [0.2, 0.25) is 0 Å². The smallest absolute Gasteiger partial charge is 0.335 e. The van der Waals surface area contributed by atoms with Gasteiger partial charge in [-0.2, -0.15) is 0 Å². The third kappa shape index (κ3) is 4.65. The van der Waals surface area contributed by atoms with Crippen molar-refractivity contribution in [3.8, 4) is 0 Å². The summed E-state index contributed by atoms with van der Waals surface area (Å²) in [7, 11) is 1.54. The first-order chi connectivity index (χ1) is 8.13. The Hall–Kier alpha value is -1.88. The SMILES string of the molecule is COCCC(=O)NCc1ccc(C(=O)O)cc1. The minimum absolute atomic E-state index is 0.0887. The van der Waals surface area contributed by atoms with Gasteiger partial charge < -0.3 is 15.2 Å². The minimum Gasteiger partial charge on any atom is -0.478 e. The van der Waals surface area contributed by atoms with E-state index in [-0.39, 0.29) is 11.5 Å². The average Bonchev–Trinajstić information content (AvgIpc) is 2.34. The number of hydrogen-bond donors (Lipinski definition) is 2. The third-order valence-electron chi connectivity index (χ3n) is 2.22. The van der Waals surface area contributed by atoms with E-state index in [4.69, 9.17) is 9.84 Å². The molecule has 1 amide bonds. The first-order valence-electron chi connectivity index (χ1n) is 5.21. The molecule has 2 N–H and O–H groups in total. The fraction of sp³-hybridized carbons (Fsp3) is 0.333. The number of aromatic carboxylic acids is 1. The number of benzene rings is 1. The molecule has 0 saturated carbocycles. The van der Waals surface area contributed by atoms with Crippen molar-refractivity contribution in [2.75, 3.05) is 13.7 Å². The number of methoxy groups -OCH3 is 1. The summed E-state index contributed by atoms with van der Waals surface area (Å²) in [5.74, 6) is -1.05. The summed E-state index contributed by atoms with van der Waals surface area (Å²) in [4.78, 5) is 21.9. The molecule has 17 heavy (non-hydrogen) atoms. The second-order valence-electron chi connectivity index (χ2n) is 3.52.